The van der Waals surface area contributed by atoms with E-state index >= 15 is 0 Å². The Balaban J connectivity index is 1.13. The third-order valence-electron chi connectivity index (χ3n) is 7.04. The third kappa shape index (κ3) is 4.60. The van der Waals surface area contributed by atoms with Crippen LogP contribution >= 0.6 is 0 Å². The molecule has 0 atom stereocenters. The summed E-state index contributed by atoms with van der Waals surface area (Å²) in [5.41, 5.74) is 1.52. The molecule has 1 saturated heterocycles. The van der Waals surface area contributed by atoms with Gasteiger partial charge in [0.1, 0.15) is 11.3 Å². The zero-order valence-corrected chi connectivity index (χ0v) is 18.6. The summed E-state index contributed by atoms with van der Waals surface area (Å²) < 4.78 is 14.6. The molecule has 2 heterocycles. The summed E-state index contributed by atoms with van der Waals surface area (Å²) >= 11 is 0. The van der Waals surface area contributed by atoms with Gasteiger partial charge in [-0.05, 0) is 68.0 Å². The molecule has 1 saturated carbocycles. The number of rotatable bonds is 4. The van der Waals surface area contributed by atoms with Crippen LogP contribution in [-0.2, 0) is 11.3 Å². The number of piperazine rings is 1. The van der Waals surface area contributed by atoms with Crippen molar-refractivity contribution in [3.63, 3.8) is 0 Å². The quantitative estimate of drug-likeness (QED) is 0.612. The van der Waals surface area contributed by atoms with Gasteiger partial charge in [0, 0.05) is 44.3 Å². The summed E-state index contributed by atoms with van der Waals surface area (Å²) in [4.78, 5) is 30.0. The van der Waals surface area contributed by atoms with E-state index < -0.39 is 0 Å². The number of carbonyl (C=O) groups excluding carboxylic acids is 1. The van der Waals surface area contributed by atoms with Crippen molar-refractivity contribution in [1.82, 2.24) is 19.9 Å². The molecule has 33 heavy (non-hydrogen) atoms. The minimum atomic E-state index is -0.235. The van der Waals surface area contributed by atoms with Crippen molar-refractivity contribution in [2.75, 3.05) is 31.1 Å². The number of anilines is 1. The van der Waals surface area contributed by atoms with Crippen molar-refractivity contribution in [1.29, 1.82) is 0 Å². The van der Waals surface area contributed by atoms with Crippen LogP contribution in [0.4, 0.5) is 10.1 Å². The van der Waals surface area contributed by atoms with E-state index in [9.17, 15) is 14.0 Å². The Morgan fingerprint density at radius 1 is 0.939 bits per heavy atom. The van der Waals surface area contributed by atoms with Gasteiger partial charge in [-0.25, -0.2) is 9.07 Å². The normalized spacial score (nSPS) is 21.4. The maximum atomic E-state index is 13.2. The Kier molecular flexibility index (Phi) is 6.07. The van der Waals surface area contributed by atoms with Gasteiger partial charge in [0.2, 0.25) is 5.91 Å². The molecule has 2 aliphatic rings. The highest BCUT2D eigenvalue weighted by Gasteiger charge is 2.31. The highest BCUT2D eigenvalue weighted by atomic mass is 19.1. The van der Waals surface area contributed by atoms with Crippen molar-refractivity contribution in [3.8, 4) is 0 Å². The monoisotopic (exact) mass is 449 g/mol. The molecule has 7 nitrogen and oxygen atoms in total. The molecule has 3 aromatic rings. The lowest BCUT2D eigenvalue weighted by molar-refractivity contribution is -0.137. The second-order valence-corrected chi connectivity index (χ2v) is 9.10. The maximum absolute atomic E-state index is 13.2. The van der Waals surface area contributed by atoms with E-state index in [1.807, 2.05) is 17.0 Å². The lowest BCUT2D eigenvalue weighted by Crippen LogP contribution is -2.50. The van der Waals surface area contributed by atoms with E-state index in [0.29, 0.717) is 36.5 Å². The third-order valence-corrected chi connectivity index (χ3v) is 7.04. The Morgan fingerprint density at radius 3 is 2.36 bits per heavy atom. The van der Waals surface area contributed by atoms with Crippen molar-refractivity contribution in [2.24, 2.45) is 11.8 Å². The molecular weight excluding hydrogens is 421 g/mol. The fourth-order valence-corrected chi connectivity index (χ4v) is 5.07. The van der Waals surface area contributed by atoms with Crippen LogP contribution in [0, 0.1) is 17.7 Å². The maximum Gasteiger partial charge on any atom is 0.277 e. The molecule has 1 aliphatic heterocycles. The summed E-state index contributed by atoms with van der Waals surface area (Å²) in [6.45, 7) is 3.46. The average Bonchev–Trinajstić information content (AvgIpc) is 2.86. The van der Waals surface area contributed by atoms with Gasteiger partial charge in [0.05, 0.1) is 5.39 Å². The van der Waals surface area contributed by atoms with Gasteiger partial charge in [-0.15, -0.1) is 5.10 Å². The second kappa shape index (κ2) is 9.29. The van der Waals surface area contributed by atoms with E-state index in [2.05, 4.69) is 15.2 Å². The number of aromatic nitrogens is 3. The lowest BCUT2D eigenvalue weighted by Gasteiger charge is -2.38. The van der Waals surface area contributed by atoms with Crippen LogP contribution in [0.25, 0.3) is 10.9 Å². The summed E-state index contributed by atoms with van der Waals surface area (Å²) in [5.74, 6) is 0.395. The number of hydrogen-bond acceptors (Lipinski definition) is 5. The predicted molar refractivity (Wildman–Crippen MR) is 124 cm³/mol. The van der Waals surface area contributed by atoms with Crippen molar-refractivity contribution in [3.05, 3.63) is 64.7 Å². The van der Waals surface area contributed by atoms with Crippen LogP contribution < -0.4 is 10.5 Å². The summed E-state index contributed by atoms with van der Waals surface area (Å²) in [5, 5.41) is 8.89. The first-order chi connectivity index (χ1) is 16.1. The number of halogens is 1. The highest BCUT2D eigenvalue weighted by molar-refractivity contribution is 5.79. The summed E-state index contributed by atoms with van der Waals surface area (Å²) in [6.07, 6.45) is 3.51. The molecule has 172 valence electrons. The zero-order valence-electron chi connectivity index (χ0n) is 18.6. The van der Waals surface area contributed by atoms with Crippen molar-refractivity contribution in [2.45, 2.75) is 32.2 Å². The van der Waals surface area contributed by atoms with Gasteiger partial charge in [-0.1, -0.05) is 17.3 Å². The molecule has 0 unspecified atom stereocenters. The Labute approximate surface area is 191 Å². The van der Waals surface area contributed by atoms with Gasteiger partial charge in [0.25, 0.3) is 5.56 Å². The average molecular weight is 450 g/mol. The Morgan fingerprint density at radius 2 is 1.64 bits per heavy atom. The molecule has 0 bridgehead atoms. The molecule has 1 aromatic heterocycles. The van der Waals surface area contributed by atoms with Gasteiger partial charge in [-0.2, -0.15) is 0 Å². The molecule has 2 aromatic carbocycles. The fraction of sp³-hybridized carbons (Fsp3) is 0.440. The number of hydrogen-bond donors (Lipinski definition) is 0. The predicted octanol–water partition coefficient (Wildman–Crippen LogP) is 3.09. The topological polar surface area (TPSA) is 71.3 Å². The van der Waals surface area contributed by atoms with E-state index in [4.69, 9.17) is 0 Å². The molecule has 2 fully saturated rings. The zero-order chi connectivity index (χ0) is 22.8. The van der Waals surface area contributed by atoms with Crippen LogP contribution in [0.5, 0.6) is 0 Å². The molecule has 0 N–H and O–H groups in total. The Bertz CT molecular complexity index is 1180. The van der Waals surface area contributed by atoms with E-state index in [1.54, 1.807) is 24.3 Å². The molecular formula is C25H28FN5O2. The van der Waals surface area contributed by atoms with Crippen molar-refractivity contribution >= 4 is 22.5 Å². The summed E-state index contributed by atoms with van der Waals surface area (Å²) in [7, 11) is 0. The lowest BCUT2D eigenvalue weighted by atomic mass is 9.81. The van der Waals surface area contributed by atoms with E-state index in [-0.39, 0.29) is 23.2 Å². The first kappa shape index (κ1) is 21.6. The SMILES string of the molecule is O=C(C1CCC(Cn2nnc3ccccc3c2=O)CC1)N1CCN(c2ccc(F)cc2)CC1. The van der Waals surface area contributed by atoms with Crippen molar-refractivity contribution < 1.29 is 9.18 Å². The van der Waals surface area contributed by atoms with E-state index in [0.717, 1.165) is 44.5 Å². The molecule has 0 radical (unpaired) electrons. The Hall–Kier alpha value is -3.29. The van der Waals surface area contributed by atoms with Crippen LogP contribution in [-0.4, -0.2) is 52.0 Å². The number of fused-ring (bicyclic) bond motifs is 1. The van der Waals surface area contributed by atoms with Gasteiger partial charge < -0.3 is 9.80 Å². The molecule has 0 spiro atoms. The first-order valence-corrected chi connectivity index (χ1v) is 11.7. The van der Waals surface area contributed by atoms with Crippen LogP contribution in [0.2, 0.25) is 0 Å². The number of carbonyl (C=O) groups is 1. The molecule has 1 aliphatic carbocycles. The fourth-order valence-electron chi connectivity index (χ4n) is 5.07. The van der Waals surface area contributed by atoms with Gasteiger partial charge >= 0.3 is 0 Å². The number of benzene rings is 2. The largest absolute Gasteiger partial charge is 0.368 e. The minimum Gasteiger partial charge on any atom is -0.368 e. The molecule has 1 amide bonds. The van der Waals surface area contributed by atoms with Crippen LogP contribution in [0.1, 0.15) is 25.7 Å². The summed E-state index contributed by atoms with van der Waals surface area (Å²) in [6, 6.07) is 13.8. The van der Waals surface area contributed by atoms with Crippen LogP contribution in [0.3, 0.4) is 0 Å². The van der Waals surface area contributed by atoms with Gasteiger partial charge in [0.15, 0.2) is 0 Å². The van der Waals surface area contributed by atoms with Crippen LogP contribution in [0.15, 0.2) is 53.3 Å². The molecule has 8 heteroatoms. The number of amides is 1. The minimum absolute atomic E-state index is 0.0537. The standard InChI is InChI=1S/C25H28FN5O2/c26-20-9-11-21(12-10-20)29-13-15-30(16-14-29)24(32)19-7-5-18(6-8-19)17-31-25(33)22-3-1-2-4-23(22)27-28-31/h1-4,9-12,18-19H,5-8,13-17H2. The smallest absolute Gasteiger partial charge is 0.277 e. The highest BCUT2D eigenvalue weighted by Crippen LogP contribution is 2.31. The first-order valence-electron chi connectivity index (χ1n) is 11.7. The second-order valence-electron chi connectivity index (χ2n) is 9.10. The number of nitrogens with zero attached hydrogens (tertiary/aromatic N) is 5. The molecule has 5 rings (SSSR count). The van der Waals surface area contributed by atoms with Gasteiger partial charge in [-0.3, -0.25) is 9.59 Å². The van der Waals surface area contributed by atoms with E-state index in [1.165, 1.54) is 16.8 Å².